The SMILES string of the molecule is CCO/N=C1/CC2OCCCC12. The van der Waals surface area contributed by atoms with E-state index in [1.54, 1.807) is 0 Å². The molecule has 1 heterocycles. The van der Waals surface area contributed by atoms with Gasteiger partial charge in [-0.15, -0.1) is 0 Å². The highest BCUT2D eigenvalue weighted by Crippen LogP contribution is 2.35. The van der Waals surface area contributed by atoms with Crippen molar-refractivity contribution in [3.05, 3.63) is 0 Å². The van der Waals surface area contributed by atoms with E-state index in [2.05, 4.69) is 5.16 Å². The molecule has 0 N–H and O–H groups in total. The van der Waals surface area contributed by atoms with Gasteiger partial charge >= 0.3 is 0 Å². The summed E-state index contributed by atoms with van der Waals surface area (Å²) in [7, 11) is 0. The summed E-state index contributed by atoms with van der Waals surface area (Å²) in [5, 5.41) is 4.07. The minimum absolute atomic E-state index is 0.456. The van der Waals surface area contributed by atoms with Gasteiger partial charge in [-0.3, -0.25) is 0 Å². The van der Waals surface area contributed by atoms with Gasteiger partial charge in [0.25, 0.3) is 0 Å². The van der Waals surface area contributed by atoms with Gasteiger partial charge in [0.1, 0.15) is 6.61 Å². The summed E-state index contributed by atoms with van der Waals surface area (Å²) in [5.41, 5.74) is 1.21. The van der Waals surface area contributed by atoms with Crippen LogP contribution in [0.2, 0.25) is 0 Å². The van der Waals surface area contributed by atoms with Gasteiger partial charge in [0.15, 0.2) is 0 Å². The molecule has 0 radical (unpaired) electrons. The van der Waals surface area contributed by atoms with Crippen molar-refractivity contribution in [2.45, 2.75) is 32.3 Å². The Bertz CT molecular complexity index is 191. The van der Waals surface area contributed by atoms with Crippen LogP contribution in [0.25, 0.3) is 0 Å². The van der Waals surface area contributed by atoms with Crippen molar-refractivity contribution >= 4 is 5.71 Å². The molecule has 2 atom stereocenters. The fourth-order valence-electron chi connectivity index (χ4n) is 1.87. The molecule has 0 aromatic heterocycles. The summed E-state index contributed by atoms with van der Waals surface area (Å²) >= 11 is 0. The maximum Gasteiger partial charge on any atom is 0.114 e. The normalized spacial score (nSPS) is 37.2. The van der Waals surface area contributed by atoms with E-state index in [1.165, 1.54) is 18.6 Å². The molecule has 2 aliphatic rings. The third-order valence-corrected chi connectivity index (χ3v) is 2.59. The lowest BCUT2D eigenvalue weighted by atomic mass is 9.75. The third-order valence-electron chi connectivity index (χ3n) is 2.59. The molecular formula is C9H15NO2. The van der Waals surface area contributed by atoms with E-state index < -0.39 is 0 Å². The predicted octanol–water partition coefficient (Wildman–Crippen LogP) is 1.58. The third kappa shape index (κ3) is 1.33. The second-order valence-electron chi connectivity index (χ2n) is 3.36. The van der Waals surface area contributed by atoms with E-state index in [0.717, 1.165) is 13.0 Å². The summed E-state index contributed by atoms with van der Waals surface area (Å²) in [5.74, 6) is 0.574. The molecule has 1 aliphatic heterocycles. The fourth-order valence-corrected chi connectivity index (χ4v) is 1.87. The van der Waals surface area contributed by atoms with Crippen molar-refractivity contribution in [2.24, 2.45) is 11.1 Å². The van der Waals surface area contributed by atoms with Crippen molar-refractivity contribution in [1.29, 1.82) is 0 Å². The Morgan fingerprint density at radius 2 is 2.58 bits per heavy atom. The predicted molar refractivity (Wildman–Crippen MR) is 46.1 cm³/mol. The minimum Gasteiger partial charge on any atom is -0.396 e. The second kappa shape index (κ2) is 3.44. The number of nitrogens with zero attached hydrogens (tertiary/aromatic N) is 1. The zero-order valence-corrected chi connectivity index (χ0v) is 7.45. The van der Waals surface area contributed by atoms with Gasteiger partial charge in [-0.05, 0) is 19.8 Å². The molecule has 12 heavy (non-hydrogen) atoms. The Hall–Kier alpha value is -0.570. The maximum atomic E-state index is 5.55. The highest BCUT2D eigenvalue weighted by Gasteiger charge is 2.40. The van der Waals surface area contributed by atoms with Crippen molar-refractivity contribution < 1.29 is 9.57 Å². The Labute approximate surface area is 72.7 Å². The lowest BCUT2D eigenvalue weighted by Gasteiger charge is -2.40. The first-order valence-corrected chi connectivity index (χ1v) is 4.72. The zero-order chi connectivity index (χ0) is 8.39. The van der Waals surface area contributed by atoms with E-state index in [-0.39, 0.29) is 0 Å². The van der Waals surface area contributed by atoms with Gasteiger partial charge in [0.05, 0.1) is 11.8 Å². The van der Waals surface area contributed by atoms with Gasteiger partial charge in [-0.2, -0.15) is 0 Å². The molecule has 1 saturated heterocycles. The molecule has 68 valence electrons. The van der Waals surface area contributed by atoms with Crippen LogP contribution in [-0.2, 0) is 9.57 Å². The van der Waals surface area contributed by atoms with Gasteiger partial charge in [-0.25, -0.2) is 0 Å². The van der Waals surface area contributed by atoms with E-state index in [4.69, 9.17) is 9.57 Å². The number of rotatable bonds is 2. The highest BCUT2D eigenvalue weighted by atomic mass is 16.6. The molecule has 0 amide bonds. The summed E-state index contributed by atoms with van der Waals surface area (Å²) in [4.78, 5) is 5.02. The van der Waals surface area contributed by atoms with Gasteiger partial charge in [0, 0.05) is 18.9 Å². The molecule has 0 aromatic carbocycles. The van der Waals surface area contributed by atoms with Crippen LogP contribution in [0.15, 0.2) is 5.16 Å². The van der Waals surface area contributed by atoms with Crippen LogP contribution in [0.4, 0.5) is 0 Å². The van der Waals surface area contributed by atoms with Gasteiger partial charge in [0.2, 0.25) is 0 Å². The minimum atomic E-state index is 0.456. The van der Waals surface area contributed by atoms with E-state index in [9.17, 15) is 0 Å². The first-order valence-electron chi connectivity index (χ1n) is 4.72. The average Bonchev–Trinajstić information content (AvgIpc) is 2.07. The second-order valence-corrected chi connectivity index (χ2v) is 3.36. The van der Waals surface area contributed by atoms with Crippen molar-refractivity contribution in [3.63, 3.8) is 0 Å². The molecule has 3 heteroatoms. The largest absolute Gasteiger partial charge is 0.396 e. The van der Waals surface area contributed by atoms with E-state index in [1.807, 2.05) is 6.92 Å². The monoisotopic (exact) mass is 169 g/mol. The van der Waals surface area contributed by atoms with Crippen LogP contribution < -0.4 is 0 Å². The molecule has 1 aliphatic carbocycles. The number of fused-ring (bicyclic) bond motifs is 1. The Balaban J connectivity index is 1.88. The Morgan fingerprint density at radius 1 is 1.67 bits per heavy atom. The standard InChI is InChI=1S/C9H15NO2/c1-2-12-10-8-6-9-7(8)4-3-5-11-9/h7,9H,2-6H2,1H3/b10-8-. The molecule has 2 rings (SSSR count). The molecule has 1 saturated carbocycles. The summed E-state index contributed by atoms with van der Waals surface area (Å²) < 4.78 is 5.55. The van der Waals surface area contributed by atoms with Crippen LogP contribution in [0.5, 0.6) is 0 Å². The maximum absolute atomic E-state index is 5.55. The molecule has 2 fully saturated rings. The first kappa shape index (κ1) is 8.05. The van der Waals surface area contributed by atoms with Crippen LogP contribution in [-0.4, -0.2) is 25.0 Å². The molecular weight excluding hydrogens is 154 g/mol. The molecule has 0 aromatic rings. The quantitative estimate of drug-likeness (QED) is 0.587. The lowest BCUT2D eigenvalue weighted by Crippen LogP contribution is -2.46. The summed E-state index contributed by atoms with van der Waals surface area (Å²) in [6, 6.07) is 0. The fraction of sp³-hybridized carbons (Fsp3) is 0.889. The zero-order valence-electron chi connectivity index (χ0n) is 7.45. The molecule has 2 unspecified atom stereocenters. The Morgan fingerprint density at radius 3 is 3.33 bits per heavy atom. The van der Waals surface area contributed by atoms with E-state index in [0.29, 0.717) is 18.6 Å². The molecule has 0 bridgehead atoms. The van der Waals surface area contributed by atoms with E-state index >= 15 is 0 Å². The van der Waals surface area contributed by atoms with Gasteiger partial charge in [-0.1, -0.05) is 5.16 Å². The van der Waals surface area contributed by atoms with Crippen molar-refractivity contribution in [3.8, 4) is 0 Å². The summed E-state index contributed by atoms with van der Waals surface area (Å²) in [6.45, 7) is 3.56. The van der Waals surface area contributed by atoms with Crippen LogP contribution in [0, 0.1) is 5.92 Å². The van der Waals surface area contributed by atoms with Gasteiger partial charge < -0.3 is 9.57 Å². The lowest BCUT2D eigenvalue weighted by molar-refractivity contribution is -0.0259. The molecule has 0 spiro atoms. The van der Waals surface area contributed by atoms with Crippen LogP contribution in [0.1, 0.15) is 26.2 Å². The number of oxime groups is 1. The van der Waals surface area contributed by atoms with Crippen LogP contribution in [0.3, 0.4) is 0 Å². The van der Waals surface area contributed by atoms with Crippen molar-refractivity contribution in [1.82, 2.24) is 0 Å². The van der Waals surface area contributed by atoms with Crippen LogP contribution >= 0.6 is 0 Å². The topological polar surface area (TPSA) is 30.8 Å². The number of hydrogen-bond donors (Lipinski definition) is 0. The average molecular weight is 169 g/mol. The first-order chi connectivity index (χ1) is 5.92. The van der Waals surface area contributed by atoms with Crippen molar-refractivity contribution in [2.75, 3.05) is 13.2 Å². The summed E-state index contributed by atoms with van der Waals surface area (Å²) in [6.07, 6.45) is 3.85. The number of ether oxygens (including phenoxy) is 1. The Kier molecular flexibility index (Phi) is 2.30. The highest BCUT2D eigenvalue weighted by molar-refractivity contribution is 5.93. The number of hydrogen-bond acceptors (Lipinski definition) is 3. The molecule has 3 nitrogen and oxygen atoms in total. The smallest absolute Gasteiger partial charge is 0.114 e.